The molecule has 0 saturated carbocycles. The van der Waals surface area contributed by atoms with Crippen LogP contribution < -0.4 is 5.32 Å². The molecular formula is C27H31NO2S. The Kier molecular flexibility index (Phi) is 5.41. The van der Waals surface area contributed by atoms with Gasteiger partial charge in [-0.1, -0.05) is 58.9 Å². The first-order valence-corrected chi connectivity index (χ1v) is 11.9. The molecule has 0 atom stereocenters. The summed E-state index contributed by atoms with van der Waals surface area (Å²) in [7, 11) is 0. The number of hydrogen-bond donors (Lipinski definition) is 1. The molecule has 1 heterocycles. The number of thioether (sulfide) groups is 1. The normalized spacial score (nSPS) is 20.6. The molecule has 4 heteroatoms. The topological polar surface area (TPSA) is 46.2 Å². The van der Waals surface area contributed by atoms with Crippen molar-refractivity contribution < 1.29 is 9.59 Å². The van der Waals surface area contributed by atoms with E-state index in [0.29, 0.717) is 4.91 Å². The molecule has 2 aliphatic rings. The lowest BCUT2D eigenvalue weighted by Crippen LogP contribution is -2.34. The van der Waals surface area contributed by atoms with Crippen LogP contribution in [0.15, 0.2) is 35.2 Å². The molecule has 0 unspecified atom stereocenters. The second kappa shape index (κ2) is 7.67. The molecule has 0 radical (unpaired) electrons. The van der Waals surface area contributed by atoms with E-state index in [1.165, 1.54) is 46.2 Å². The molecule has 1 aliphatic carbocycles. The summed E-state index contributed by atoms with van der Waals surface area (Å²) >= 11 is 0.963. The molecule has 3 nitrogen and oxygen atoms in total. The standard InChI is InChI=1S/C27H31NO2S/c1-7-18-9-8-17(14-23-24(29)28-25(30)31-23)13-20(18)19-15-22-21(12-16(19)2)26(3,4)10-11-27(22,5)6/h8-9,12-15H,7,10-11H2,1-6H3,(H,28,29,30)/b23-14-. The summed E-state index contributed by atoms with van der Waals surface area (Å²) in [5, 5.41) is 2.02. The number of amides is 2. The first-order valence-electron chi connectivity index (χ1n) is 11.1. The predicted octanol–water partition coefficient (Wildman–Crippen LogP) is 6.90. The van der Waals surface area contributed by atoms with E-state index in [4.69, 9.17) is 0 Å². The minimum atomic E-state index is -0.315. The SMILES string of the molecule is CCc1ccc(/C=C2\SC(=O)NC2=O)cc1-c1cc2c(cc1C)C(C)(C)CCC2(C)C. The van der Waals surface area contributed by atoms with Crippen LogP contribution in [0.5, 0.6) is 0 Å². The average molecular weight is 434 g/mol. The summed E-state index contributed by atoms with van der Waals surface area (Å²) in [4.78, 5) is 24.0. The summed E-state index contributed by atoms with van der Waals surface area (Å²) in [5.41, 5.74) is 9.25. The molecule has 1 fully saturated rings. The van der Waals surface area contributed by atoms with Gasteiger partial charge in [-0.3, -0.25) is 14.9 Å². The van der Waals surface area contributed by atoms with Gasteiger partial charge in [-0.15, -0.1) is 0 Å². The van der Waals surface area contributed by atoms with Crippen molar-refractivity contribution in [3.05, 3.63) is 63.1 Å². The smallest absolute Gasteiger partial charge is 0.282 e. The van der Waals surface area contributed by atoms with Crippen molar-refractivity contribution in [1.82, 2.24) is 5.32 Å². The van der Waals surface area contributed by atoms with Crippen molar-refractivity contribution in [3.63, 3.8) is 0 Å². The Hall–Kier alpha value is -2.33. The van der Waals surface area contributed by atoms with E-state index in [1.807, 2.05) is 12.1 Å². The number of carbonyl (C=O) groups excluding carboxylic acids is 2. The number of hydrogen-bond acceptors (Lipinski definition) is 3. The van der Waals surface area contributed by atoms with Crippen LogP contribution in [0, 0.1) is 6.92 Å². The number of nitrogens with one attached hydrogen (secondary N) is 1. The van der Waals surface area contributed by atoms with E-state index in [1.54, 1.807) is 0 Å². The van der Waals surface area contributed by atoms with Gasteiger partial charge in [0, 0.05) is 0 Å². The lowest BCUT2D eigenvalue weighted by molar-refractivity contribution is -0.115. The van der Waals surface area contributed by atoms with E-state index < -0.39 is 0 Å². The largest absolute Gasteiger partial charge is 0.290 e. The molecule has 0 aromatic heterocycles. The van der Waals surface area contributed by atoms with E-state index in [9.17, 15) is 9.59 Å². The molecule has 31 heavy (non-hydrogen) atoms. The van der Waals surface area contributed by atoms with Crippen LogP contribution in [-0.4, -0.2) is 11.1 Å². The van der Waals surface area contributed by atoms with Crippen molar-refractivity contribution in [1.29, 1.82) is 0 Å². The average Bonchev–Trinajstić information content (AvgIpc) is 3.02. The third kappa shape index (κ3) is 3.98. The molecule has 1 saturated heterocycles. The first-order chi connectivity index (χ1) is 14.5. The molecule has 2 amide bonds. The van der Waals surface area contributed by atoms with Crippen LogP contribution in [0.25, 0.3) is 17.2 Å². The fraction of sp³-hybridized carbons (Fsp3) is 0.407. The molecule has 0 bridgehead atoms. The number of carbonyl (C=O) groups is 2. The molecule has 1 N–H and O–H groups in total. The molecule has 162 valence electrons. The zero-order valence-corrected chi connectivity index (χ0v) is 20.1. The lowest BCUT2D eigenvalue weighted by Gasteiger charge is -2.42. The Balaban J connectivity index is 1.87. The molecule has 0 spiro atoms. The Bertz CT molecular complexity index is 1120. The van der Waals surface area contributed by atoms with Gasteiger partial charge < -0.3 is 0 Å². The highest BCUT2D eigenvalue weighted by atomic mass is 32.2. The fourth-order valence-electron chi connectivity index (χ4n) is 4.83. The van der Waals surface area contributed by atoms with E-state index >= 15 is 0 Å². The lowest BCUT2D eigenvalue weighted by atomic mass is 9.62. The third-order valence-corrected chi connectivity index (χ3v) is 7.75. The second-order valence-electron chi connectivity index (χ2n) is 10.1. The fourth-order valence-corrected chi connectivity index (χ4v) is 5.51. The number of fused-ring (bicyclic) bond motifs is 1. The maximum absolute atomic E-state index is 12.0. The van der Waals surface area contributed by atoms with Gasteiger partial charge in [0.25, 0.3) is 11.1 Å². The van der Waals surface area contributed by atoms with Crippen LogP contribution in [0.2, 0.25) is 0 Å². The highest BCUT2D eigenvalue weighted by Gasteiger charge is 2.37. The van der Waals surface area contributed by atoms with Crippen molar-refractivity contribution in [2.75, 3.05) is 0 Å². The zero-order chi connectivity index (χ0) is 22.6. The van der Waals surface area contributed by atoms with Crippen LogP contribution in [-0.2, 0) is 22.0 Å². The summed E-state index contributed by atoms with van der Waals surface area (Å²) in [6.45, 7) is 13.8. The van der Waals surface area contributed by atoms with Crippen LogP contribution in [0.1, 0.15) is 75.3 Å². The van der Waals surface area contributed by atoms with E-state index in [-0.39, 0.29) is 22.0 Å². The van der Waals surface area contributed by atoms with E-state index in [2.05, 4.69) is 71.1 Å². The van der Waals surface area contributed by atoms with Crippen LogP contribution in [0.4, 0.5) is 4.79 Å². The van der Waals surface area contributed by atoms with Crippen LogP contribution in [0.3, 0.4) is 0 Å². The summed E-state index contributed by atoms with van der Waals surface area (Å²) < 4.78 is 0. The Morgan fingerprint density at radius 1 is 0.968 bits per heavy atom. The Morgan fingerprint density at radius 3 is 2.19 bits per heavy atom. The van der Waals surface area contributed by atoms with Gasteiger partial charge in [0.05, 0.1) is 4.91 Å². The van der Waals surface area contributed by atoms with Crippen molar-refractivity contribution in [2.45, 2.75) is 71.6 Å². The summed E-state index contributed by atoms with van der Waals surface area (Å²) in [5.74, 6) is -0.315. The van der Waals surface area contributed by atoms with Gasteiger partial charge in [0.1, 0.15) is 0 Å². The van der Waals surface area contributed by atoms with Crippen molar-refractivity contribution >= 4 is 29.0 Å². The Labute approximate surface area is 189 Å². The number of rotatable bonds is 3. The minimum absolute atomic E-state index is 0.151. The highest BCUT2D eigenvalue weighted by Crippen LogP contribution is 2.48. The van der Waals surface area contributed by atoms with Crippen molar-refractivity contribution in [3.8, 4) is 11.1 Å². The molecule has 2 aromatic rings. The second-order valence-corrected chi connectivity index (χ2v) is 11.1. The maximum atomic E-state index is 12.0. The zero-order valence-electron chi connectivity index (χ0n) is 19.3. The number of imide groups is 1. The van der Waals surface area contributed by atoms with Gasteiger partial charge in [0.2, 0.25) is 0 Å². The Morgan fingerprint density at radius 2 is 1.61 bits per heavy atom. The first kappa shape index (κ1) is 21.9. The van der Waals surface area contributed by atoms with Gasteiger partial charge in [-0.2, -0.15) is 0 Å². The van der Waals surface area contributed by atoms with Gasteiger partial charge in [-0.25, -0.2) is 0 Å². The molecule has 2 aromatic carbocycles. The van der Waals surface area contributed by atoms with Crippen molar-refractivity contribution in [2.24, 2.45) is 0 Å². The number of aryl methyl sites for hydroxylation is 2. The quantitative estimate of drug-likeness (QED) is 0.536. The summed E-state index contributed by atoms with van der Waals surface area (Å²) in [6.07, 6.45) is 5.14. The molecule has 1 aliphatic heterocycles. The van der Waals surface area contributed by atoms with Gasteiger partial charge in [0.15, 0.2) is 0 Å². The van der Waals surface area contributed by atoms with Gasteiger partial charge in [-0.05, 0) is 99.9 Å². The maximum Gasteiger partial charge on any atom is 0.290 e. The van der Waals surface area contributed by atoms with Gasteiger partial charge >= 0.3 is 0 Å². The molecular weight excluding hydrogens is 402 g/mol. The third-order valence-electron chi connectivity index (χ3n) is 6.94. The number of benzene rings is 2. The monoisotopic (exact) mass is 433 g/mol. The predicted molar refractivity (Wildman–Crippen MR) is 130 cm³/mol. The highest BCUT2D eigenvalue weighted by molar-refractivity contribution is 8.18. The summed E-state index contributed by atoms with van der Waals surface area (Å²) in [6, 6.07) is 11.2. The minimum Gasteiger partial charge on any atom is -0.282 e. The van der Waals surface area contributed by atoms with E-state index in [0.717, 1.165) is 23.7 Å². The molecule has 4 rings (SSSR count). The van der Waals surface area contributed by atoms with Crippen LogP contribution >= 0.6 is 11.8 Å².